The third-order valence-electron chi connectivity index (χ3n) is 6.45. The van der Waals surface area contributed by atoms with Crippen molar-refractivity contribution in [2.45, 2.75) is 26.8 Å². The number of methoxy groups -OCH3 is 1. The van der Waals surface area contributed by atoms with Crippen molar-refractivity contribution < 1.29 is 19.0 Å². The lowest BCUT2D eigenvalue weighted by Crippen LogP contribution is -2.39. The number of carbonyl (C=O) groups is 1. The van der Waals surface area contributed by atoms with Crippen LogP contribution in [0.3, 0.4) is 0 Å². The summed E-state index contributed by atoms with van der Waals surface area (Å²) in [5, 5.41) is 2.03. The summed E-state index contributed by atoms with van der Waals surface area (Å²) in [5.41, 5.74) is 2.22. The second-order valence-corrected chi connectivity index (χ2v) is 9.72. The van der Waals surface area contributed by atoms with Crippen molar-refractivity contribution in [2.75, 3.05) is 20.3 Å². The van der Waals surface area contributed by atoms with Crippen molar-refractivity contribution in [3.05, 3.63) is 103 Å². The molecular weight excluding hydrogens is 500 g/mol. The Morgan fingerprint density at radius 3 is 2.53 bits per heavy atom. The first-order valence-electron chi connectivity index (χ1n) is 12.4. The van der Waals surface area contributed by atoms with Crippen LogP contribution in [0.2, 0.25) is 0 Å². The maximum atomic E-state index is 14.0. The number of hydrogen-bond donors (Lipinski definition) is 0. The van der Waals surface area contributed by atoms with Crippen LogP contribution < -0.4 is 24.4 Å². The van der Waals surface area contributed by atoms with E-state index < -0.39 is 12.0 Å². The van der Waals surface area contributed by atoms with Gasteiger partial charge in [-0.25, -0.2) is 9.79 Å². The highest BCUT2D eigenvalue weighted by molar-refractivity contribution is 7.07. The summed E-state index contributed by atoms with van der Waals surface area (Å²) in [7, 11) is 1.59. The molecule has 0 amide bonds. The van der Waals surface area contributed by atoms with Crippen LogP contribution in [-0.4, -0.2) is 30.9 Å². The number of hydrogen-bond acceptors (Lipinski definition) is 7. The lowest BCUT2D eigenvalue weighted by molar-refractivity contribution is -0.139. The van der Waals surface area contributed by atoms with Gasteiger partial charge in [-0.15, -0.1) is 0 Å². The molecule has 1 atom stereocenters. The maximum absolute atomic E-state index is 14.0. The molecule has 4 aromatic rings. The van der Waals surface area contributed by atoms with Gasteiger partial charge in [0.15, 0.2) is 4.80 Å². The zero-order valence-corrected chi connectivity index (χ0v) is 22.5. The minimum Gasteiger partial charge on any atom is -0.497 e. The van der Waals surface area contributed by atoms with E-state index >= 15 is 0 Å². The van der Waals surface area contributed by atoms with E-state index in [-0.39, 0.29) is 12.2 Å². The van der Waals surface area contributed by atoms with Crippen LogP contribution in [0, 0.1) is 0 Å². The third-order valence-corrected chi connectivity index (χ3v) is 7.44. The average molecular weight is 529 g/mol. The summed E-state index contributed by atoms with van der Waals surface area (Å²) in [6.45, 7) is 6.18. The number of rotatable bonds is 7. The average Bonchev–Trinajstić information content (AvgIpc) is 3.23. The number of benzene rings is 3. The minimum atomic E-state index is -0.683. The fourth-order valence-corrected chi connectivity index (χ4v) is 5.76. The molecule has 0 radical (unpaired) electrons. The molecule has 0 bridgehead atoms. The number of ether oxygens (including phenoxy) is 3. The van der Waals surface area contributed by atoms with E-state index in [0.717, 1.165) is 21.9 Å². The monoisotopic (exact) mass is 528 g/mol. The minimum absolute atomic E-state index is 0.219. The zero-order valence-electron chi connectivity index (χ0n) is 21.7. The second-order valence-electron chi connectivity index (χ2n) is 8.71. The van der Waals surface area contributed by atoms with Gasteiger partial charge in [0.05, 0.1) is 42.2 Å². The summed E-state index contributed by atoms with van der Waals surface area (Å²) in [6, 6.07) is 18.6. The van der Waals surface area contributed by atoms with E-state index in [0.29, 0.717) is 38.7 Å². The summed E-state index contributed by atoms with van der Waals surface area (Å²) in [5.74, 6) is 0.891. The van der Waals surface area contributed by atoms with Gasteiger partial charge in [0.2, 0.25) is 0 Å². The van der Waals surface area contributed by atoms with Crippen molar-refractivity contribution in [1.82, 2.24) is 4.57 Å². The van der Waals surface area contributed by atoms with E-state index in [1.54, 1.807) is 25.5 Å². The van der Waals surface area contributed by atoms with E-state index in [9.17, 15) is 9.59 Å². The molecule has 0 saturated heterocycles. The van der Waals surface area contributed by atoms with Crippen molar-refractivity contribution in [1.29, 1.82) is 0 Å². The fourth-order valence-electron chi connectivity index (χ4n) is 4.73. The van der Waals surface area contributed by atoms with Crippen molar-refractivity contribution in [3.8, 4) is 11.5 Å². The summed E-state index contributed by atoms with van der Waals surface area (Å²) in [6.07, 6.45) is 1.87. The molecule has 2 heterocycles. The molecule has 1 aromatic heterocycles. The first-order chi connectivity index (χ1) is 18.5. The Morgan fingerprint density at radius 2 is 1.82 bits per heavy atom. The number of aromatic nitrogens is 1. The molecule has 0 aliphatic carbocycles. The molecule has 0 fully saturated rings. The Morgan fingerprint density at radius 1 is 1.05 bits per heavy atom. The number of allylic oxidation sites excluding steroid dienone is 1. The molecule has 194 valence electrons. The molecule has 3 aromatic carbocycles. The van der Waals surface area contributed by atoms with Crippen LogP contribution in [0.15, 0.2) is 81.7 Å². The molecule has 1 aliphatic rings. The van der Waals surface area contributed by atoms with Gasteiger partial charge in [0, 0.05) is 5.56 Å². The predicted molar refractivity (Wildman–Crippen MR) is 149 cm³/mol. The number of thiazole rings is 1. The van der Waals surface area contributed by atoms with Gasteiger partial charge in [0.1, 0.15) is 11.5 Å². The smallest absolute Gasteiger partial charge is 0.338 e. The molecule has 0 unspecified atom stereocenters. The summed E-state index contributed by atoms with van der Waals surface area (Å²) in [4.78, 5) is 32.3. The number of esters is 1. The Kier molecular flexibility index (Phi) is 7.15. The number of carbonyl (C=O) groups excluding carboxylic acids is 1. The highest BCUT2D eigenvalue weighted by Gasteiger charge is 2.33. The predicted octanol–water partition coefficient (Wildman–Crippen LogP) is 4.36. The molecule has 38 heavy (non-hydrogen) atoms. The SMILES string of the molecule is CCOC(=O)C1=C(C)N=c2s/c(=C/c3c(OCC)ccc4ccccc34)c(=O)n2[C@@H]1c1ccc(OC)cc1. The van der Waals surface area contributed by atoms with Gasteiger partial charge in [0.25, 0.3) is 5.56 Å². The van der Waals surface area contributed by atoms with E-state index in [2.05, 4.69) is 4.99 Å². The molecule has 0 N–H and O–H groups in total. The quantitative estimate of drug-likeness (QED) is 0.333. The largest absolute Gasteiger partial charge is 0.497 e. The molecule has 0 saturated carbocycles. The maximum Gasteiger partial charge on any atom is 0.338 e. The Balaban J connectivity index is 1.76. The summed E-state index contributed by atoms with van der Waals surface area (Å²) >= 11 is 1.29. The molecule has 8 heteroatoms. The van der Waals surface area contributed by atoms with Gasteiger partial charge < -0.3 is 14.2 Å². The molecular formula is C30H28N2O5S. The zero-order chi connectivity index (χ0) is 26.8. The van der Waals surface area contributed by atoms with Crippen molar-refractivity contribution in [3.63, 3.8) is 0 Å². The first kappa shape index (κ1) is 25.5. The Hall–Kier alpha value is -4.17. The Bertz CT molecular complexity index is 1730. The Labute approximate surface area is 223 Å². The highest BCUT2D eigenvalue weighted by Crippen LogP contribution is 2.32. The van der Waals surface area contributed by atoms with E-state index in [4.69, 9.17) is 14.2 Å². The van der Waals surface area contributed by atoms with Crippen LogP contribution in [0.25, 0.3) is 16.8 Å². The normalized spacial score (nSPS) is 15.3. The van der Waals surface area contributed by atoms with Crippen LogP contribution in [0.5, 0.6) is 11.5 Å². The molecule has 1 aliphatic heterocycles. The second kappa shape index (κ2) is 10.7. The van der Waals surface area contributed by atoms with Crippen LogP contribution in [-0.2, 0) is 9.53 Å². The van der Waals surface area contributed by atoms with Gasteiger partial charge in [-0.05, 0) is 61.4 Å². The van der Waals surface area contributed by atoms with Crippen molar-refractivity contribution >= 4 is 34.2 Å². The van der Waals surface area contributed by atoms with Crippen LogP contribution in [0.4, 0.5) is 0 Å². The van der Waals surface area contributed by atoms with Crippen LogP contribution >= 0.6 is 11.3 Å². The topological polar surface area (TPSA) is 79.1 Å². The first-order valence-corrected chi connectivity index (χ1v) is 13.3. The fraction of sp³-hybridized carbons (Fsp3) is 0.233. The number of nitrogens with zero attached hydrogens (tertiary/aromatic N) is 2. The van der Waals surface area contributed by atoms with Gasteiger partial charge >= 0.3 is 5.97 Å². The molecule has 5 rings (SSSR count). The van der Waals surface area contributed by atoms with Crippen molar-refractivity contribution in [2.24, 2.45) is 4.99 Å². The van der Waals surface area contributed by atoms with Gasteiger partial charge in [-0.1, -0.05) is 53.8 Å². The van der Waals surface area contributed by atoms with Gasteiger partial charge in [-0.2, -0.15) is 0 Å². The molecule has 0 spiro atoms. The lowest BCUT2D eigenvalue weighted by Gasteiger charge is -2.24. The third kappa shape index (κ3) is 4.52. The standard InChI is InChI=1S/C30H28N2O5S/c1-5-36-24-16-13-19-9-7-8-10-22(19)23(24)17-25-28(33)32-27(20-11-14-21(35-4)15-12-20)26(29(34)37-6-2)18(3)31-30(32)38-25/h7-17,27H,5-6H2,1-4H3/b25-17+/t27-/m1/s1. The van der Waals surface area contributed by atoms with Crippen LogP contribution in [0.1, 0.15) is 37.9 Å². The lowest BCUT2D eigenvalue weighted by atomic mass is 9.96. The van der Waals surface area contributed by atoms with Gasteiger partial charge in [-0.3, -0.25) is 9.36 Å². The molecule has 7 nitrogen and oxygen atoms in total. The van der Waals surface area contributed by atoms with E-state index in [1.165, 1.54) is 11.3 Å². The van der Waals surface area contributed by atoms with E-state index in [1.807, 2.05) is 73.7 Å². The number of fused-ring (bicyclic) bond motifs is 2. The highest BCUT2D eigenvalue weighted by atomic mass is 32.1. The summed E-state index contributed by atoms with van der Waals surface area (Å²) < 4.78 is 18.7.